The second-order valence-electron chi connectivity index (χ2n) is 5.57. The fraction of sp³-hybridized carbons (Fsp3) is 0.294. The van der Waals surface area contributed by atoms with Crippen molar-refractivity contribution >= 4 is 10.0 Å². The average Bonchev–Trinajstić information content (AvgIpc) is 2.80. The van der Waals surface area contributed by atoms with Crippen molar-refractivity contribution in [1.29, 1.82) is 0 Å². The molecular weight excluding hydrogens is 333 g/mol. The number of halogens is 1. The van der Waals surface area contributed by atoms with Crippen LogP contribution in [0.3, 0.4) is 0 Å². The van der Waals surface area contributed by atoms with E-state index < -0.39 is 10.0 Å². The van der Waals surface area contributed by atoms with Crippen LogP contribution in [0.15, 0.2) is 41.3 Å². The Morgan fingerprint density at radius 3 is 2.58 bits per heavy atom. The van der Waals surface area contributed by atoms with Gasteiger partial charge in [-0.3, -0.25) is 0 Å². The number of nitrogens with one attached hydrogen (secondary N) is 1. The molecule has 5 nitrogen and oxygen atoms in total. The molecule has 7 heteroatoms. The second-order valence-corrected chi connectivity index (χ2v) is 7.33. The Labute approximate surface area is 140 Å². The molecule has 0 atom stereocenters. The summed E-state index contributed by atoms with van der Waals surface area (Å²) in [7, 11) is -3.71. The summed E-state index contributed by atoms with van der Waals surface area (Å²) in [5.41, 5.74) is 1.16. The van der Waals surface area contributed by atoms with Crippen molar-refractivity contribution in [3.05, 3.63) is 53.3 Å². The Hall–Kier alpha value is -2.12. The molecule has 2 aromatic carbocycles. The first-order valence-electron chi connectivity index (χ1n) is 7.60. The van der Waals surface area contributed by atoms with E-state index in [2.05, 4.69) is 4.72 Å². The molecule has 1 heterocycles. The highest BCUT2D eigenvalue weighted by Gasteiger charge is 2.18. The van der Waals surface area contributed by atoms with E-state index >= 15 is 0 Å². The second kappa shape index (κ2) is 6.78. The zero-order chi connectivity index (χ0) is 17.2. The summed E-state index contributed by atoms with van der Waals surface area (Å²) in [5.74, 6) is 0.651. The third-order valence-electron chi connectivity index (χ3n) is 3.72. The van der Waals surface area contributed by atoms with Crippen molar-refractivity contribution in [3.8, 4) is 11.5 Å². The highest BCUT2D eigenvalue weighted by Crippen LogP contribution is 2.31. The molecule has 0 aromatic heterocycles. The number of hydrogen-bond donors (Lipinski definition) is 1. The van der Waals surface area contributed by atoms with Crippen LogP contribution in [0.2, 0.25) is 0 Å². The number of aryl methyl sites for hydroxylation is 1. The van der Waals surface area contributed by atoms with E-state index in [1.54, 1.807) is 25.1 Å². The van der Waals surface area contributed by atoms with E-state index in [9.17, 15) is 12.8 Å². The van der Waals surface area contributed by atoms with Crippen LogP contribution in [0, 0.1) is 12.7 Å². The quantitative estimate of drug-likeness (QED) is 0.920. The van der Waals surface area contributed by atoms with Crippen molar-refractivity contribution in [3.63, 3.8) is 0 Å². The predicted molar refractivity (Wildman–Crippen MR) is 87.2 cm³/mol. The number of sulfonamides is 1. The Balaban J connectivity index is 1.77. The van der Waals surface area contributed by atoms with Crippen molar-refractivity contribution in [2.75, 3.05) is 13.2 Å². The average molecular weight is 351 g/mol. The van der Waals surface area contributed by atoms with Gasteiger partial charge >= 0.3 is 0 Å². The molecule has 1 aliphatic heterocycles. The molecule has 0 radical (unpaired) electrons. The molecule has 0 saturated carbocycles. The first-order valence-corrected chi connectivity index (χ1v) is 9.08. The summed E-state index contributed by atoms with van der Waals surface area (Å²) in [5, 5.41) is 0. The molecule has 128 valence electrons. The Morgan fingerprint density at radius 2 is 1.83 bits per heavy atom. The predicted octanol–water partition coefficient (Wildman–Crippen LogP) is 2.77. The molecule has 0 fully saturated rings. The van der Waals surface area contributed by atoms with Crippen LogP contribution in [0.25, 0.3) is 0 Å². The normalized spacial score (nSPS) is 14.2. The maximum Gasteiger partial charge on any atom is 0.241 e. The number of benzene rings is 2. The maximum atomic E-state index is 13.3. The lowest BCUT2D eigenvalue weighted by atomic mass is 10.1. The standard InChI is InChI=1S/C17H18FNO4S/c1-12-9-13(3-5-15(12)18)11-19-24(20,21)14-4-6-16-17(10-14)23-8-2-7-22-16/h3-6,9-10,19H,2,7-8,11H2,1H3. The van der Waals surface area contributed by atoms with E-state index in [4.69, 9.17) is 9.47 Å². The molecule has 1 aliphatic rings. The topological polar surface area (TPSA) is 64.6 Å². The zero-order valence-electron chi connectivity index (χ0n) is 13.2. The van der Waals surface area contributed by atoms with E-state index in [0.29, 0.717) is 35.8 Å². The van der Waals surface area contributed by atoms with Gasteiger partial charge in [0.2, 0.25) is 10.0 Å². The number of ether oxygens (including phenoxy) is 2. The van der Waals surface area contributed by atoms with Crippen LogP contribution >= 0.6 is 0 Å². The van der Waals surface area contributed by atoms with Gasteiger partial charge in [-0.1, -0.05) is 12.1 Å². The van der Waals surface area contributed by atoms with E-state index in [-0.39, 0.29) is 17.3 Å². The van der Waals surface area contributed by atoms with Gasteiger partial charge in [-0.05, 0) is 36.2 Å². The van der Waals surface area contributed by atoms with Crippen molar-refractivity contribution in [1.82, 2.24) is 4.72 Å². The summed E-state index contributed by atoms with van der Waals surface area (Å²) in [6, 6.07) is 9.03. The molecule has 0 amide bonds. The van der Waals surface area contributed by atoms with Gasteiger partial charge < -0.3 is 9.47 Å². The third kappa shape index (κ3) is 3.68. The minimum absolute atomic E-state index is 0.0812. The lowest BCUT2D eigenvalue weighted by Crippen LogP contribution is -2.23. The Kier molecular flexibility index (Phi) is 4.73. The van der Waals surface area contributed by atoms with E-state index in [0.717, 1.165) is 6.42 Å². The molecule has 0 aliphatic carbocycles. The van der Waals surface area contributed by atoms with Gasteiger partial charge in [-0.15, -0.1) is 0 Å². The SMILES string of the molecule is Cc1cc(CNS(=O)(=O)c2ccc3c(c2)OCCCO3)ccc1F. The van der Waals surface area contributed by atoms with Crippen LogP contribution < -0.4 is 14.2 Å². The van der Waals surface area contributed by atoms with Crippen LogP contribution in [0.1, 0.15) is 17.5 Å². The first kappa shape index (κ1) is 16.7. The summed E-state index contributed by atoms with van der Waals surface area (Å²) < 4.78 is 51.7. The summed E-state index contributed by atoms with van der Waals surface area (Å²) in [4.78, 5) is 0.102. The maximum absolute atomic E-state index is 13.3. The lowest BCUT2D eigenvalue weighted by Gasteiger charge is -2.11. The minimum Gasteiger partial charge on any atom is -0.490 e. The molecule has 0 spiro atoms. The minimum atomic E-state index is -3.71. The van der Waals surface area contributed by atoms with Gasteiger partial charge in [0.15, 0.2) is 11.5 Å². The fourth-order valence-electron chi connectivity index (χ4n) is 2.39. The van der Waals surface area contributed by atoms with Gasteiger partial charge in [0.1, 0.15) is 5.82 Å². The summed E-state index contributed by atoms with van der Waals surface area (Å²) >= 11 is 0. The molecule has 0 unspecified atom stereocenters. The first-order chi connectivity index (χ1) is 11.5. The van der Waals surface area contributed by atoms with Crippen molar-refractivity contribution in [2.24, 2.45) is 0 Å². The Bertz CT molecular complexity index is 852. The molecule has 0 bridgehead atoms. The smallest absolute Gasteiger partial charge is 0.241 e. The number of rotatable bonds is 4. The van der Waals surface area contributed by atoms with Crippen LogP contribution in [-0.2, 0) is 16.6 Å². The van der Waals surface area contributed by atoms with Crippen molar-refractivity contribution in [2.45, 2.75) is 24.8 Å². The Morgan fingerprint density at radius 1 is 1.08 bits per heavy atom. The molecular formula is C17H18FNO4S. The van der Waals surface area contributed by atoms with Crippen LogP contribution in [0.4, 0.5) is 4.39 Å². The molecule has 1 N–H and O–H groups in total. The largest absolute Gasteiger partial charge is 0.490 e. The molecule has 0 saturated heterocycles. The highest BCUT2D eigenvalue weighted by atomic mass is 32.2. The van der Waals surface area contributed by atoms with Gasteiger partial charge in [0.25, 0.3) is 0 Å². The van der Waals surface area contributed by atoms with Gasteiger partial charge in [0, 0.05) is 19.0 Å². The van der Waals surface area contributed by atoms with E-state index in [1.807, 2.05) is 0 Å². The summed E-state index contributed by atoms with van der Waals surface area (Å²) in [6.45, 7) is 2.75. The summed E-state index contributed by atoms with van der Waals surface area (Å²) in [6.07, 6.45) is 0.749. The zero-order valence-corrected chi connectivity index (χ0v) is 14.0. The van der Waals surface area contributed by atoms with Gasteiger partial charge in [-0.2, -0.15) is 0 Å². The van der Waals surface area contributed by atoms with Crippen molar-refractivity contribution < 1.29 is 22.3 Å². The third-order valence-corrected chi connectivity index (χ3v) is 5.12. The fourth-order valence-corrected chi connectivity index (χ4v) is 3.42. The molecule has 3 rings (SSSR count). The van der Waals surface area contributed by atoms with Gasteiger partial charge in [-0.25, -0.2) is 17.5 Å². The highest BCUT2D eigenvalue weighted by molar-refractivity contribution is 7.89. The molecule has 2 aromatic rings. The van der Waals surface area contributed by atoms with Crippen LogP contribution in [-0.4, -0.2) is 21.6 Å². The van der Waals surface area contributed by atoms with Gasteiger partial charge in [0.05, 0.1) is 18.1 Å². The number of hydrogen-bond acceptors (Lipinski definition) is 4. The van der Waals surface area contributed by atoms with E-state index in [1.165, 1.54) is 18.2 Å². The molecule has 24 heavy (non-hydrogen) atoms. The monoisotopic (exact) mass is 351 g/mol. The van der Waals surface area contributed by atoms with Crippen LogP contribution in [0.5, 0.6) is 11.5 Å². The number of fused-ring (bicyclic) bond motifs is 1. The lowest BCUT2D eigenvalue weighted by molar-refractivity contribution is 0.297.